The van der Waals surface area contributed by atoms with Crippen LogP contribution in [-0.4, -0.2) is 93.4 Å². The van der Waals surface area contributed by atoms with Crippen LogP contribution in [0.2, 0.25) is 0 Å². The van der Waals surface area contributed by atoms with E-state index >= 15 is 0 Å². The molecule has 12 unspecified atom stereocenters. The lowest BCUT2D eigenvalue weighted by Crippen LogP contribution is -2.59. The van der Waals surface area contributed by atoms with Gasteiger partial charge in [-0.25, -0.2) is 4.79 Å². The van der Waals surface area contributed by atoms with Crippen molar-refractivity contribution in [2.75, 3.05) is 13.2 Å². The molecule has 3 fully saturated rings. The summed E-state index contributed by atoms with van der Waals surface area (Å²) in [5.41, 5.74) is 1.62. The number of hydrogen-bond donors (Lipinski definition) is 5. The number of cyclic esters (lactones) is 1. The van der Waals surface area contributed by atoms with E-state index in [0.29, 0.717) is 17.9 Å². The monoisotopic (exact) mass is 616 g/mol. The summed E-state index contributed by atoms with van der Waals surface area (Å²) in [6.07, 6.45) is 2.76. The zero-order valence-electron chi connectivity index (χ0n) is 26.1. The average molecular weight is 617 g/mol. The van der Waals surface area contributed by atoms with E-state index < -0.39 is 54.8 Å². The Morgan fingerprint density at radius 3 is 2.50 bits per heavy atom. The molecule has 14 atom stereocenters. The van der Waals surface area contributed by atoms with Gasteiger partial charge in [0.05, 0.1) is 30.3 Å². The number of carbonyl (C=O) groups excluding carboxylic acids is 2. The van der Waals surface area contributed by atoms with Crippen LogP contribution >= 0.6 is 0 Å². The van der Waals surface area contributed by atoms with E-state index in [-0.39, 0.29) is 47.6 Å². The highest BCUT2D eigenvalue weighted by atomic mass is 16.7. The van der Waals surface area contributed by atoms with Crippen LogP contribution < -0.4 is 0 Å². The summed E-state index contributed by atoms with van der Waals surface area (Å²) in [6.45, 7) is 7.68. The first-order valence-electron chi connectivity index (χ1n) is 16.2. The van der Waals surface area contributed by atoms with Gasteiger partial charge in [-0.05, 0) is 87.0 Å². The van der Waals surface area contributed by atoms with Crippen LogP contribution in [0.1, 0.15) is 66.2 Å². The molecule has 0 bridgehead atoms. The van der Waals surface area contributed by atoms with E-state index in [1.807, 2.05) is 19.1 Å². The summed E-state index contributed by atoms with van der Waals surface area (Å²) >= 11 is 0. The van der Waals surface area contributed by atoms with Gasteiger partial charge in [-0.1, -0.05) is 37.1 Å². The number of fused-ring (bicyclic) bond motifs is 5. The molecule has 10 heteroatoms. The van der Waals surface area contributed by atoms with Crippen molar-refractivity contribution in [2.24, 2.45) is 40.4 Å². The minimum Gasteiger partial charge on any atom is -0.458 e. The van der Waals surface area contributed by atoms with Gasteiger partial charge in [0.25, 0.3) is 0 Å². The Morgan fingerprint density at radius 1 is 1.05 bits per heavy atom. The van der Waals surface area contributed by atoms with E-state index in [0.717, 1.165) is 43.3 Å². The number of ether oxygens (including phenoxy) is 3. The molecule has 6 rings (SSSR count). The molecule has 0 spiro atoms. The molecule has 0 amide bonds. The molecule has 244 valence electrons. The van der Waals surface area contributed by atoms with Crippen LogP contribution in [0.5, 0.6) is 0 Å². The molecule has 1 saturated heterocycles. The predicted octanol–water partition coefficient (Wildman–Crippen LogP) is 1.97. The third-order valence-electron chi connectivity index (χ3n) is 12.7. The first-order chi connectivity index (χ1) is 20.8. The number of esters is 1. The molecule has 10 nitrogen and oxygen atoms in total. The summed E-state index contributed by atoms with van der Waals surface area (Å²) in [4.78, 5) is 26.5. The molecular formula is C34H48O10. The lowest BCUT2D eigenvalue weighted by Gasteiger charge is -2.58. The van der Waals surface area contributed by atoms with E-state index in [1.54, 1.807) is 6.08 Å². The number of rotatable bonds is 6. The number of carbonyl (C=O) groups is 2. The third kappa shape index (κ3) is 4.87. The van der Waals surface area contributed by atoms with Gasteiger partial charge in [0, 0.05) is 6.42 Å². The maximum Gasteiger partial charge on any atom is 0.336 e. The lowest BCUT2D eigenvalue weighted by molar-refractivity contribution is -0.299. The van der Waals surface area contributed by atoms with Gasteiger partial charge in [-0.2, -0.15) is 0 Å². The van der Waals surface area contributed by atoms with Gasteiger partial charge < -0.3 is 39.7 Å². The summed E-state index contributed by atoms with van der Waals surface area (Å²) < 4.78 is 17.1. The second kappa shape index (κ2) is 11.7. The van der Waals surface area contributed by atoms with Gasteiger partial charge in [-0.15, -0.1) is 0 Å². The van der Waals surface area contributed by atoms with Crippen molar-refractivity contribution in [1.82, 2.24) is 0 Å². The van der Waals surface area contributed by atoms with Crippen LogP contribution in [0.3, 0.4) is 0 Å². The first-order valence-corrected chi connectivity index (χ1v) is 16.2. The Balaban J connectivity index is 1.14. The summed E-state index contributed by atoms with van der Waals surface area (Å²) in [5.74, 6) is 0.452. The van der Waals surface area contributed by atoms with Crippen LogP contribution in [-0.2, 0) is 23.8 Å². The van der Waals surface area contributed by atoms with Gasteiger partial charge in [0.1, 0.15) is 30.5 Å². The second-order valence-electron chi connectivity index (χ2n) is 14.6. The fourth-order valence-corrected chi connectivity index (χ4v) is 10.0. The highest BCUT2D eigenvalue weighted by molar-refractivity contribution is 5.98. The van der Waals surface area contributed by atoms with Crippen molar-refractivity contribution in [3.8, 4) is 0 Å². The van der Waals surface area contributed by atoms with Crippen molar-refractivity contribution >= 4 is 11.8 Å². The number of hydrogen-bond acceptors (Lipinski definition) is 10. The number of aliphatic hydroxyl groups is 5. The van der Waals surface area contributed by atoms with Crippen LogP contribution in [0.4, 0.5) is 0 Å². The number of ketones is 1. The zero-order valence-corrected chi connectivity index (χ0v) is 26.1. The minimum absolute atomic E-state index is 0.0249. The second-order valence-corrected chi connectivity index (χ2v) is 14.6. The van der Waals surface area contributed by atoms with Crippen LogP contribution in [0.15, 0.2) is 34.9 Å². The Hall–Kier alpha value is -1.92. The molecule has 2 saturated carbocycles. The Kier molecular flexibility index (Phi) is 8.52. The normalized spacial score (nSPS) is 47.8. The van der Waals surface area contributed by atoms with Crippen molar-refractivity contribution < 1.29 is 49.3 Å². The average Bonchev–Trinajstić information content (AvgIpc) is 3.34. The fourth-order valence-electron chi connectivity index (χ4n) is 10.0. The molecule has 44 heavy (non-hydrogen) atoms. The van der Waals surface area contributed by atoms with Gasteiger partial charge >= 0.3 is 5.97 Å². The summed E-state index contributed by atoms with van der Waals surface area (Å²) in [7, 11) is 0. The standard InChI is InChI=1S/C34H48O10/c1-16-12-24(43-31(41)19(16)15-42-32-30(40)29(39)28(38)25(14-35)44-32)17(2)20-8-9-21-27-22(10-11-33(20,21)3)34(4)18(13-23(27)36)6-5-7-26(34)37/h5,7,13,17,20-25,27-30,32,35-36,38-40H,6,8-12,14-15H2,1-4H3/t17?,20?,21?,22?,23?,24?,25?,27?,28?,29?,30?,32?,33-,34+/m1/s1. The number of aliphatic hydroxyl groups excluding tert-OH is 5. The maximum atomic E-state index is 13.2. The molecular weight excluding hydrogens is 568 g/mol. The maximum absolute atomic E-state index is 13.2. The van der Waals surface area contributed by atoms with Crippen LogP contribution in [0, 0.1) is 40.4 Å². The Morgan fingerprint density at radius 2 is 1.80 bits per heavy atom. The molecule has 4 aliphatic carbocycles. The SMILES string of the molecule is CC1=C(COC2OC(CO)C(O)C(O)C2O)C(=O)OC(C(C)C2CCC3C4C(O)C=C5CC=CC(=O)[C@]5(C)C4CC[C@]23C)C1. The van der Waals surface area contributed by atoms with E-state index in [1.165, 1.54) is 0 Å². The highest BCUT2D eigenvalue weighted by Crippen LogP contribution is 2.66. The van der Waals surface area contributed by atoms with E-state index in [4.69, 9.17) is 14.2 Å². The van der Waals surface area contributed by atoms with Crippen molar-refractivity contribution in [3.05, 3.63) is 34.9 Å². The molecule has 0 aromatic carbocycles. The molecule has 0 aromatic heterocycles. The lowest BCUT2D eigenvalue weighted by atomic mass is 9.46. The molecule has 5 N–H and O–H groups in total. The summed E-state index contributed by atoms with van der Waals surface area (Å²) in [6, 6.07) is 0. The quantitative estimate of drug-likeness (QED) is 0.220. The molecule has 2 aliphatic heterocycles. The minimum atomic E-state index is -1.56. The van der Waals surface area contributed by atoms with Crippen molar-refractivity contribution in [1.29, 1.82) is 0 Å². The summed E-state index contributed by atoms with van der Waals surface area (Å²) in [5, 5.41) is 51.2. The van der Waals surface area contributed by atoms with Crippen molar-refractivity contribution in [2.45, 2.75) is 109 Å². The Bertz CT molecular complexity index is 1250. The van der Waals surface area contributed by atoms with Gasteiger partial charge in [-0.3, -0.25) is 4.79 Å². The largest absolute Gasteiger partial charge is 0.458 e. The predicted molar refractivity (Wildman–Crippen MR) is 158 cm³/mol. The topological polar surface area (TPSA) is 163 Å². The molecule has 0 aromatic rings. The van der Waals surface area contributed by atoms with Gasteiger partial charge in [0.2, 0.25) is 0 Å². The Labute approximate surface area is 258 Å². The molecule has 6 aliphatic rings. The van der Waals surface area contributed by atoms with Gasteiger partial charge in [0.15, 0.2) is 12.1 Å². The fraction of sp³-hybridized carbons (Fsp3) is 0.765. The number of allylic oxidation sites excluding steroid dienone is 3. The van der Waals surface area contributed by atoms with Crippen LogP contribution in [0.25, 0.3) is 0 Å². The third-order valence-corrected chi connectivity index (χ3v) is 12.7. The molecule has 2 heterocycles. The highest BCUT2D eigenvalue weighted by Gasteiger charge is 2.63. The van der Waals surface area contributed by atoms with E-state index in [9.17, 15) is 35.1 Å². The smallest absolute Gasteiger partial charge is 0.336 e. The van der Waals surface area contributed by atoms with E-state index in [2.05, 4.69) is 20.8 Å². The first kappa shape index (κ1) is 32.0. The zero-order chi connectivity index (χ0) is 31.7. The van der Waals surface area contributed by atoms with Crippen molar-refractivity contribution in [3.63, 3.8) is 0 Å². The molecule has 0 radical (unpaired) electrons.